The van der Waals surface area contributed by atoms with Gasteiger partial charge in [0, 0.05) is 12.8 Å². The molecule has 0 aromatic rings. The van der Waals surface area contributed by atoms with Crippen molar-refractivity contribution in [1.29, 1.82) is 0 Å². The Hall–Kier alpha value is -0.0800. The number of quaternary nitrogens is 1. The van der Waals surface area contributed by atoms with E-state index in [9.17, 15) is 5.11 Å². The molecule has 1 N–H and O–H groups in total. The summed E-state index contributed by atoms with van der Waals surface area (Å²) in [5, 5.41) is 9.50. The Morgan fingerprint density at radius 3 is 1.67 bits per heavy atom. The highest BCUT2D eigenvalue weighted by Crippen LogP contribution is 2.25. The summed E-state index contributed by atoms with van der Waals surface area (Å²) in [4.78, 5) is 0. The predicted octanol–water partition coefficient (Wildman–Crippen LogP) is 6.07. The largest absolute Gasteiger partial charge is 0.390 e. The summed E-state index contributed by atoms with van der Waals surface area (Å²) in [5.74, 6) is 0. The second kappa shape index (κ2) is 14.1. The van der Waals surface area contributed by atoms with Gasteiger partial charge in [-0.2, -0.15) is 0 Å². The monoisotopic (exact) mass is 340 g/mol. The average Bonchev–Trinajstić information content (AvgIpc) is 2.96. The summed E-state index contributed by atoms with van der Waals surface area (Å²) in [6.45, 7) is 5.24. The van der Waals surface area contributed by atoms with Crippen molar-refractivity contribution in [1.82, 2.24) is 0 Å². The van der Waals surface area contributed by atoms with Crippen molar-refractivity contribution in [3.8, 4) is 0 Å². The van der Waals surface area contributed by atoms with Crippen LogP contribution in [0.5, 0.6) is 0 Å². The third kappa shape index (κ3) is 9.42. The fourth-order valence-electron chi connectivity index (χ4n) is 4.43. The molecular weight excluding hydrogens is 294 g/mol. The SMILES string of the molecule is CCCCCCCCCCCCCCCC[N@@+]1(C)CCC[C@H]1CO. The molecule has 0 aromatic carbocycles. The van der Waals surface area contributed by atoms with Crippen LogP contribution in [0.4, 0.5) is 0 Å². The molecule has 1 saturated heterocycles. The van der Waals surface area contributed by atoms with Gasteiger partial charge in [0.25, 0.3) is 0 Å². The van der Waals surface area contributed by atoms with Crippen molar-refractivity contribution in [2.45, 2.75) is 116 Å². The van der Waals surface area contributed by atoms with Crippen LogP contribution in [-0.2, 0) is 0 Å². The van der Waals surface area contributed by atoms with Crippen LogP contribution in [0.2, 0.25) is 0 Å². The second-order valence-electron chi connectivity index (χ2n) is 8.50. The van der Waals surface area contributed by atoms with Crippen molar-refractivity contribution in [2.24, 2.45) is 0 Å². The molecule has 0 aliphatic carbocycles. The van der Waals surface area contributed by atoms with E-state index in [1.807, 2.05) is 0 Å². The summed E-state index contributed by atoms with van der Waals surface area (Å²) in [6, 6.07) is 0.520. The minimum absolute atomic E-state index is 0.384. The van der Waals surface area contributed by atoms with Crippen LogP contribution in [0.15, 0.2) is 0 Å². The molecule has 1 heterocycles. The van der Waals surface area contributed by atoms with Gasteiger partial charge < -0.3 is 9.59 Å². The third-order valence-electron chi connectivity index (χ3n) is 6.32. The zero-order valence-electron chi connectivity index (χ0n) is 16.9. The van der Waals surface area contributed by atoms with Crippen molar-refractivity contribution in [3.05, 3.63) is 0 Å². The van der Waals surface area contributed by atoms with Crippen LogP contribution in [0.3, 0.4) is 0 Å². The Kier molecular flexibility index (Phi) is 12.9. The molecule has 0 bridgehead atoms. The molecule has 0 saturated carbocycles. The highest BCUT2D eigenvalue weighted by Gasteiger charge is 2.36. The van der Waals surface area contributed by atoms with E-state index in [1.54, 1.807) is 0 Å². The molecule has 1 fully saturated rings. The van der Waals surface area contributed by atoms with Crippen LogP contribution in [-0.4, -0.2) is 42.4 Å². The van der Waals surface area contributed by atoms with E-state index >= 15 is 0 Å². The summed E-state index contributed by atoms with van der Waals surface area (Å²) >= 11 is 0. The molecule has 2 nitrogen and oxygen atoms in total. The first-order valence-corrected chi connectivity index (χ1v) is 11.2. The molecule has 144 valence electrons. The fourth-order valence-corrected chi connectivity index (χ4v) is 4.43. The number of hydrogen-bond acceptors (Lipinski definition) is 1. The molecule has 1 rings (SSSR count). The average molecular weight is 341 g/mol. The van der Waals surface area contributed by atoms with Gasteiger partial charge in [-0.05, 0) is 12.8 Å². The standard InChI is InChI=1S/C22H46NO/c1-3-4-5-6-7-8-9-10-11-12-13-14-15-16-19-23(2)20-17-18-22(23)21-24/h22,24H,3-21H2,1-2H3/q+1/t22-,23-/m0/s1. The van der Waals surface area contributed by atoms with E-state index in [0.717, 1.165) is 4.48 Å². The molecular formula is C22H46NO+. The Morgan fingerprint density at radius 1 is 0.750 bits per heavy atom. The summed E-state index contributed by atoms with van der Waals surface area (Å²) < 4.78 is 1.13. The maximum Gasteiger partial charge on any atom is 0.112 e. The lowest BCUT2D eigenvalue weighted by atomic mass is 10.0. The molecule has 2 atom stereocenters. The normalized spacial score (nSPS) is 23.9. The van der Waals surface area contributed by atoms with Crippen molar-refractivity contribution >= 4 is 0 Å². The quantitative estimate of drug-likeness (QED) is 0.267. The number of unbranched alkanes of at least 4 members (excludes halogenated alkanes) is 13. The first-order chi connectivity index (χ1) is 11.7. The maximum absolute atomic E-state index is 9.50. The smallest absolute Gasteiger partial charge is 0.112 e. The van der Waals surface area contributed by atoms with Gasteiger partial charge in [-0.15, -0.1) is 0 Å². The lowest BCUT2D eigenvalue weighted by Gasteiger charge is -2.35. The van der Waals surface area contributed by atoms with Crippen LogP contribution >= 0.6 is 0 Å². The molecule has 1 aliphatic rings. The molecule has 0 radical (unpaired) electrons. The number of likely N-dealkylation sites (N-methyl/N-ethyl adjacent to an activating group) is 1. The van der Waals surface area contributed by atoms with Crippen LogP contribution in [0, 0.1) is 0 Å². The number of aliphatic hydroxyl groups is 1. The third-order valence-corrected chi connectivity index (χ3v) is 6.32. The van der Waals surface area contributed by atoms with Gasteiger partial charge >= 0.3 is 0 Å². The Morgan fingerprint density at radius 2 is 1.21 bits per heavy atom. The van der Waals surface area contributed by atoms with Crippen LogP contribution in [0.1, 0.15) is 110 Å². The highest BCUT2D eigenvalue weighted by atomic mass is 16.3. The van der Waals surface area contributed by atoms with E-state index < -0.39 is 0 Å². The van der Waals surface area contributed by atoms with Crippen molar-refractivity contribution in [3.63, 3.8) is 0 Å². The number of nitrogens with zero attached hydrogens (tertiary/aromatic N) is 1. The predicted molar refractivity (Wildman–Crippen MR) is 106 cm³/mol. The Balaban J connectivity index is 1.81. The van der Waals surface area contributed by atoms with Gasteiger partial charge in [-0.3, -0.25) is 0 Å². The molecule has 2 heteroatoms. The maximum atomic E-state index is 9.50. The molecule has 24 heavy (non-hydrogen) atoms. The van der Waals surface area contributed by atoms with Crippen molar-refractivity contribution < 1.29 is 9.59 Å². The number of aliphatic hydroxyl groups excluding tert-OH is 1. The molecule has 0 aromatic heterocycles. The summed E-state index contributed by atoms with van der Waals surface area (Å²) in [5.41, 5.74) is 0. The summed E-state index contributed by atoms with van der Waals surface area (Å²) in [6.07, 6.45) is 22.6. The minimum atomic E-state index is 0.384. The van der Waals surface area contributed by atoms with Gasteiger partial charge in [0.15, 0.2) is 0 Å². The lowest BCUT2D eigenvalue weighted by Crippen LogP contribution is -2.50. The van der Waals surface area contributed by atoms with Gasteiger partial charge in [-0.25, -0.2) is 0 Å². The van der Waals surface area contributed by atoms with Gasteiger partial charge in [0.1, 0.15) is 6.04 Å². The van der Waals surface area contributed by atoms with E-state index in [0.29, 0.717) is 12.6 Å². The first-order valence-electron chi connectivity index (χ1n) is 11.2. The van der Waals surface area contributed by atoms with E-state index in [-0.39, 0.29) is 0 Å². The second-order valence-corrected chi connectivity index (χ2v) is 8.50. The zero-order valence-corrected chi connectivity index (χ0v) is 16.9. The molecule has 0 unspecified atom stereocenters. The Labute approximate surface area is 152 Å². The molecule has 0 spiro atoms. The number of likely N-dealkylation sites (tertiary alicyclic amines) is 1. The Bertz CT molecular complexity index is 281. The van der Waals surface area contributed by atoms with Gasteiger partial charge in [-0.1, -0.05) is 84.0 Å². The highest BCUT2D eigenvalue weighted by molar-refractivity contribution is 4.66. The fraction of sp³-hybridized carbons (Fsp3) is 1.00. The van der Waals surface area contributed by atoms with Crippen molar-refractivity contribution in [2.75, 3.05) is 26.7 Å². The van der Waals surface area contributed by atoms with Crippen LogP contribution < -0.4 is 0 Å². The van der Waals surface area contributed by atoms with E-state index in [2.05, 4.69) is 14.0 Å². The molecule has 1 aliphatic heterocycles. The summed E-state index contributed by atoms with van der Waals surface area (Å²) in [7, 11) is 2.36. The number of rotatable bonds is 16. The van der Waals surface area contributed by atoms with Gasteiger partial charge in [0.05, 0.1) is 26.7 Å². The van der Waals surface area contributed by atoms with E-state index in [1.165, 1.54) is 116 Å². The van der Waals surface area contributed by atoms with E-state index in [4.69, 9.17) is 0 Å². The van der Waals surface area contributed by atoms with Crippen LogP contribution in [0.25, 0.3) is 0 Å². The number of hydrogen-bond donors (Lipinski definition) is 1. The first kappa shape index (κ1) is 22.0. The molecule has 0 amide bonds. The zero-order chi connectivity index (χ0) is 17.5. The topological polar surface area (TPSA) is 20.2 Å². The minimum Gasteiger partial charge on any atom is -0.390 e. The lowest BCUT2D eigenvalue weighted by molar-refractivity contribution is -0.921. The van der Waals surface area contributed by atoms with Gasteiger partial charge in [0.2, 0.25) is 0 Å².